The van der Waals surface area contributed by atoms with Gasteiger partial charge in [0.15, 0.2) is 0 Å². The standard InChI is InChI=1S/C26H28N4O3/c1-29(2)25(33)26(17-19-8-6-11-21(16-19)20-9-4-3-5-10-20)14-7-15-30(18-26)24(32)22-12-13-23(31)28-27-22/h3-6,8-13,16H,7,14-15,17-18H2,1-2H3,(H,28,31). The van der Waals surface area contributed by atoms with Gasteiger partial charge in [-0.25, -0.2) is 5.10 Å². The average Bonchev–Trinajstić information content (AvgIpc) is 2.84. The van der Waals surface area contributed by atoms with Crippen molar-refractivity contribution in [2.45, 2.75) is 19.3 Å². The van der Waals surface area contributed by atoms with E-state index in [1.165, 1.54) is 12.1 Å². The molecule has 1 aromatic heterocycles. The minimum absolute atomic E-state index is 0.0135. The Hall–Kier alpha value is -3.74. The topological polar surface area (TPSA) is 86.4 Å². The molecular weight excluding hydrogens is 416 g/mol. The Kier molecular flexibility index (Phi) is 6.40. The van der Waals surface area contributed by atoms with E-state index in [9.17, 15) is 14.4 Å². The molecule has 1 unspecified atom stereocenters. The monoisotopic (exact) mass is 444 g/mol. The molecule has 170 valence electrons. The molecule has 7 heteroatoms. The van der Waals surface area contributed by atoms with Crippen LogP contribution in [0, 0.1) is 5.41 Å². The Morgan fingerprint density at radius 2 is 1.79 bits per heavy atom. The number of aromatic nitrogens is 2. The maximum absolute atomic E-state index is 13.5. The van der Waals surface area contributed by atoms with Crippen LogP contribution in [-0.4, -0.2) is 59.0 Å². The third-order valence-electron chi connectivity index (χ3n) is 6.20. The number of H-pyrrole nitrogens is 1. The Balaban J connectivity index is 1.64. The lowest BCUT2D eigenvalue weighted by atomic mass is 9.73. The first-order valence-electron chi connectivity index (χ1n) is 11.1. The number of nitrogens with one attached hydrogen (secondary N) is 1. The van der Waals surface area contributed by atoms with Crippen LogP contribution in [0.1, 0.15) is 28.9 Å². The SMILES string of the molecule is CN(C)C(=O)C1(Cc2cccc(-c3ccccc3)c2)CCCN(C(=O)c2ccc(=O)[nH]n2)C1. The molecule has 1 atom stereocenters. The predicted molar refractivity (Wildman–Crippen MR) is 127 cm³/mol. The molecule has 1 aliphatic heterocycles. The van der Waals surface area contributed by atoms with E-state index in [-0.39, 0.29) is 23.1 Å². The third-order valence-corrected chi connectivity index (χ3v) is 6.20. The fraction of sp³-hybridized carbons (Fsp3) is 0.308. The molecule has 33 heavy (non-hydrogen) atoms. The molecule has 7 nitrogen and oxygen atoms in total. The summed E-state index contributed by atoms with van der Waals surface area (Å²) in [5.74, 6) is -0.264. The number of hydrogen-bond acceptors (Lipinski definition) is 4. The summed E-state index contributed by atoms with van der Waals surface area (Å²) in [7, 11) is 3.52. The van der Waals surface area contributed by atoms with E-state index < -0.39 is 5.41 Å². The number of carbonyl (C=O) groups is 2. The minimum atomic E-state index is -0.727. The molecule has 0 saturated carbocycles. The van der Waals surface area contributed by atoms with Crippen LogP contribution in [0.4, 0.5) is 0 Å². The van der Waals surface area contributed by atoms with Crippen molar-refractivity contribution in [3.63, 3.8) is 0 Å². The number of amides is 2. The van der Waals surface area contributed by atoms with Crippen molar-refractivity contribution in [1.29, 1.82) is 0 Å². The lowest BCUT2D eigenvalue weighted by Crippen LogP contribution is -2.54. The second kappa shape index (κ2) is 9.40. The summed E-state index contributed by atoms with van der Waals surface area (Å²) in [5.41, 5.74) is 2.37. The van der Waals surface area contributed by atoms with Gasteiger partial charge in [-0.1, -0.05) is 54.6 Å². The van der Waals surface area contributed by atoms with E-state index in [0.717, 1.165) is 16.7 Å². The van der Waals surface area contributed by atoms with Gasteiger partial charge in [0.1, 0.15) is 5.69 Å². The van der Waals surface area contributed by atoms with Gasteiger partial charge in [0.05, 0.1) is 5.41 Å². The molecule has 2 aromatic carbocycles. The Bertz CT molecular complexity index is 1180. The molecule has 0 radical (unpaired) electrons. The highest BCUT2D eigenvalue weighted by Crippen LogP contribution is 2.36. The van der Waals surface area contributed by atoms with Crippen molar-refractivity contribution in [2.75, 3.05) is 27.2 Å². The summed E-state index contributed by atoms with van der Waals surface area (Å²) in [6, 6.07) is 21.1. The lowest BCUT2D eigenvalue weighted by Gasteiger charge is -2.43. The summed E-state index contributed by atoms with van der Waals surface area (Å²) in [6.45, 7) is 0.853. The van der Waals surface area contributed by atoms with Crippen LogP contribution in [0.5, 0.6) is 0 Å². The van der Waals surface area contributed by atoms with Crippen molar-refractivity contribution in [3.8, 4) is 11.1 Å². The summed E-state index contributed by atoms with van der Waals surface area (Å²) in [6.07, 6.45) is 1.95. The molecule has 1 N–H and O–H groups in total. The zero-order valence-electron chi connectivity index (χ0n) is 19.0. The quantitative estimate of drug-likeness (QED) is 0.656. The first-order valence-corrected chi connectivity index (χ1v) is 11.1. The first kappa shape index (κ1) is 22.5. The second-order valence-corrected chi connectivity index (χ2v) is 8.86. The molecule has 0 spiro atoms. The fourth-order valence-electron chi connectivity index (χ4n) is 4.68. The second-order valence-electron chi connectivity index (χ2n) is 8.86. The fourth-order valence-corrected chi connectivity index (χ4v) is 4.68. The third kappa shape index (κ3) is 4.87. The number of rotatable bonds is 5. The van der Waals surface area contributed by atoms with Gasteiger partial charge in [0.2, 0.25) is 5.91 Å². The van der Waals surface area contributed by atoms with Crippen LogP contribution >= 0.6 is 0 Å². The first-order chi connectivity index (χ1) is 15.9. The summed E-state index contributed by atoms with van der Waals surface area (Å²) >= 11 is 0. The molecule has 1 aliphatic rings. The van der Waals surface area contributed by atoms with Gasteiger partial charge in [-0.15, -0.1) is 0 Å². The maximum Gasteiger partial charge on any atom is 0.274 e. The number of nitrogens with zero attached hydrogens (tertiary/aromatic N) is 3. The van der Waals surface area contributed by atoms with Crippen molar-refractivity contribution >= 4 is 11.8 Å². The van der Waals surface area contributed by atoms with E-state index in [2.05, 4.69) is 34.5 Å². The highest BCUT2D eigenvalue weighted by molar-refractivity contribution is 5.93. The zero-order valence-corrected chi connectivity index (χ0v) is 19.0. The number of aromatic amines is 1. The molecule has 1 saturated heterocycles. The predicted octanol–water partition coefficient (Wildman–Crippen LogP) is 2.99. The summed E-state index contributed by atoms with van der Waals surface area (Å²) in [4.78, 5) is 41.2. The maximum atomic E-state index is 13.5. The normalized spacial score (nSPS) is 18.1. The van der Waals surface area contributed by atoms with Crippen molar-refractivity contribution in [1.82, 2.24) is 20.0 Å². The number of piperidine rings is 1. The van der Waals surface area contributed by atoms with Crippen LogP contribution < -0.4 is 5.56 Å². The molecular formula is C26H28N4O3. The van der Waals surface area contributed by atoms with Gasteiger partial charge in [0.25, 0.3) is 11.5 Å². The largest absolute Gasteiger partial charge is 0.348 e. The number of benzene rings is 2. The van der Waals surface area contributed by atoms with Crippen LogP contribution in [0.3, 0.4) is 0 Å². The molecule has 0 bridgehead atoms. The number of likely N-dealkylation sites (tertiary alicyclic amines) is 1. The van der Waals surface area contributed by atoms with E-state index in [1.54, 1.807) is 23.9 Å². The van der Waals surface area contributed by atoms with Gasteiger partial charge in [-0.05, 0) is 42.0 Å². The highest BCUT2D eigenvalue weighted by atomic mass is 16.2. The van der Waals surface area contributed by atoms with Crippen LogP contribution in [0.25, 0.3) is 11.1 Å². The van der Waals surface area contributed by atoms with E-state index in [0.29, 0.717) is 32.4 Å². The smallest absolute Gasteiger partial charge is 0.274 e. The zero-order chi connectivity index (χ0) is 23.4. The molecule has 3 aromatic rings. The number of carbonyl (C=O) groups excluding carboxylic acids is 2. The molecule has 4 rings (SSSR count). The van der Waals surface area contributed by atoms with Gasteiger partial charge in [-0.2, -0.15) is 5.10 Å². The van der Waals surface area contributed by atoms with Crippen molar-refractivity contribution in [3.05, 3.63) is 88.3 Å². The minimum Gasteiger partial charge on any atom is -0.348 e. The van der Waals surface area contributed by atoms with E-state index in [4.69, 9.17) is 0 Å². The number of hydrogen-bond donors (Lipinski definition) is 1. The molecule has 2 heterocycles. The van der Waals surface area contributed by atoms with Crippen LogP contribution in [0.2, 0.25) is 0 Å². The van der Waals surface area contributed by atoms with Gasteiger partial charge < -0.3 is 9.80 Å². The van der Waals surface area contributed by atoms with E-state index >= 15 is 0 Å². The summed E-state index contributed by atoms with van der Waals surface area (Å²) < 4.78 is 0. The lowest BCUT2D eigenvalue weighted by molar-refractivity contribution is -0.142. The van der Waals surface area contributed by atoms with Crippen LogP contribution in [-0.2, 0) is 11.2 Å². The van der Waals surface area contributed by atoms with Gasteiger partial charge in [-0.3, -0.25) is 14.4 Å². The van der Waals surface area contributed by atoms with E-state index in [1.807, 2.05) is 30.3 Å². The Morgan fingerprint density at radius 3 is 2.48 bits per heavy atom. The molecule has 1 fully saturated rings. The van der Waals surface area contributed by atoms with Gasteiger partial charge >= 0.3 is 0 Å². The van der Waals surface area contributed by atoms with Crippen molar-refractivity contribution < 1.29 is 9.59 Å². The highest BCUT2D eigenvalue weighted by Gasteiger charge is 2.44. The summed E-state index contributed by atoms with van der Waals surface area (Å²) in [5, 5.41) is 6.20. The Morgan fingerprint density at radius 1 is 1.03 bits per heavy atom. The molecule has 2 amide bonds. The average molecular weight is 445 g/mol. The van der Waals surface area contributed by atoms with Gasteiger partial charge in [0, 0.05) is 33.3 Å². The van der Waals surface area contributed by atoms with Crippen LogP contribution in [0.15, 0.2) is 71.5 Å². The Labute approximate surface area is 193 Å². The molecule has 0 aliphatic carbocycles. The van der Waals surface area contributed by atoms with Crippen molar-refractivity contribution in [2.24, 2.45) is 5.41 Å².